The SMILES string of the molecule is C=CCCC(=O)NCCc1nnc(SCC(=C)Cl)n1-c1ccc(F)cc1. The lowest BCUT2D eigenvalue weighted by Gasteiger charge is -2.10. The molecule has 1 aromatic carbocycles. The van der Waals surface area contributed by atoms with Crippen molar-refractivity contribution in [1.29, 1.82) is 0 Å². The molecule has 0 unspecified atom stereocenters. The van der Waals surface area contributed by atoms with E-state index in [9.17, 15) is 9.18 Å². The predicted molar refractivity (Wildman–Crippen MR) is 103 cm³/mol. The van der Waals surface area contributed by atoms with Crippen LogP contribution in [0.3, 0.4) is 0 Å². The molecule has 0 radical (unpaired) electrons. The molecule has 26 heavy (non-hydrogen) atoms. The number of benzene rings is 1. The molecule has 0 aliphatic carbocycles. The third-order valence-electron chi connectivity index (χ3n) is 3.39. The maximum absolute atomic E-state index is 13.2. The number of nitrogens with zero attached hydrogens (tertiary/aromatic N) is 3. The number of aromatic nitrogens is 3. The van der Waals surface area contributed by atoms with Crippen molar-refractivity contribution in [3.05, 3.63) is 60.2 Å². The van der Waals surface area contributed by atoms with E-state index in [1.54, 1.807) is 18.2 Å². The molecule has 5 nitrogen and oxygen atoms in total. The van der Waals surface area contributed by atoms with Crippen LogP contribution in [0.15, 0.2) is 53.7 Å². The van der Waals surface area contributed by atoms with E-state index in [4.69, 9.17) is 11.6 Å². The minimum atomic E-state index is -0.318. The molecule has 0 fully saturated rings. The summed E-state index contributed by atoms with van der Waals surface area (Å²) in [6.45, 7) is 7.70. The van der Waals surface area contributed by atoms with Gasteiger partial charge < -0.3 is 5.32 Å². The third-order valence-corrected chi connectivity index (χ3v) is 4.70. The van der Waals surface area contributed by atoms with Crippen LogP contribution < -0.4 is 5.32 Å². The Hall–Kier alpha value is -2.12. The number of thioether (sulfide) groups is 1. The molecule has 0 aliphatic rings. The molecule has 0 saturated heterocycles. The van der Waals surface area contributed by atoms with Gasteiger partial charge >= 0.3 is 0 Å². The molecular weight excluding hydrogens is 375 g/mol. The summed E-state index contributed by atoms with van der Waals surface area (Å²) in [6, 6.07) is 6.07. The highest BCUT2D eigenvalue weighted by Crippen LogP contribution is 2.24. The molecule has 2 rings (SSSR count). The van der Waals surface area contributed by atoms with Crippen LogP contribution in [0.4, 0.5) is 4.39 Å². The number of nitrogens with one attached hydrogen (secondary N) is 1. The molecule has 2 aromatic rings. The Morgan fingerprint density at radius 1 is 1.35 bits per heavy atom. The molecule has 8 heteroatoms. The monoisotopic (exact) mass is 394 g/mol. The third kappa shape index (κ3) is 6.00. The van der Waals surface area contributed by atoms with Crippen LogP contribution in [-0.2, 0) is 11.2 Å². The van der Waals surface area contributed by atoms with Gasteiger partial charge in [-0.3, -0.25) is 9.36 Å². The second-order valence-corrected chi connectivity index (χ2v) is 6.92. The molecule has 1 heterocycles. The molecule has 138 valence electrons. The number of carbonyl (C=O) groups is 1. The topological polar surface area (TPSA) is 59.8 Å². The predicted octanol–water partition coefficient (Wildman–Crippen LogP) is 3.88. The summed E-state index contributed by atoms with van der Waals surface area (Å²) in [5.41, 5.74) is 0.743. The van der Waals surface area contributed by atoms with Crippen molar-refractivity contribution in [3.8, 4) is 5.69 Å². The Morgan fingerprint density at radius 3 is 2.73 bits per heavy atom. The van der Waals surface area contributed by atoms with Gasteiger partial charge in [0.15, 0.2) is 5.16 Å². The second kappa shape index (κ2) is 10.1. The van der Waals surface area contributed by atoms with E-state index in [0.717, 1.165) is 5.69 Å². The molecule has 1 N–H and O–H groups in total. The van der Waals surface area contributed by atoms with Gasteiger partial charge in [-0.15, -0.1) is 16.8 Å². The summed E-state index contributed by atoms with van der Waals surface area (Å²) in [5, 5.41) is 12.4. The minimum absolute atomic E-state index is 0.0363. The first kappa shape index (κ1) is 20.2. The fourth-order valence-corrected chi connectivity index (χ4v) is 3.07. The highest BCUT2D eigenvalue weighted by Gasteiger charge is 2.15. The average molecular weight is 395 g/mol. The van der Waals surface area contributed by atoms with Crippen LogP contribution in [0.5, 0.6) is 0 Å². The number of hydrogen-bond donors (Lipinski definition) is 1. The van der Waals surface area contributed by atoms with Crippen molar-refractivity contribution in [2.24, 2.45) is 0 Å². The summed E-state index contributed by atoms with van der Waals surface area (Å²) >= 11 is 7.23. The summed E-state index contributed by atoms with van der Waals surface area (Å²) in [4.78, 5) is 11.7. The van der Waals surface area contributed by atoms with Gasteiger partial charge in [-0.05, 0) is 30.7 Å². The lowest BCUT2D eigenvalue weighted by Crippen LogP contribution is -2.26. The molecule has 0 saturated carbocycles. The lowest BCUT2D eigenvalue weighted by atomic mass is 10.3. The summed E-state index contributed by atoms with van der Waals surface area (Å²) in [7, 11) is 0. The first-order valence-corrected chi connectivity index (χ1v) is 9.41. The Kier molecular flexibility index (Phi) is 7.87. The van der Waals surface area contributed by atoms with Gasteiger partial charge in [0.25, 0.3) is 0 Å². The number of hydrogen-bond acceptors (Lipinski definition) is 4. The highest BCUT2D eigenvalue weighted by atomic mass is 35.5. The van der Waals surface area contributed by atoms with Crippen molar-refractivity contribution in [2.75, 3.05) is 12.3 Å². The second-order valence-electron chi connectivity index (χ2n) is 5.44. The van der Waals surface area contributed by atoms with Crippen molar-refractivity contribution in [2.45, 2.75) is 24.4 Å². The summed E-state index contributed by atoms with van der Waals surface area (Å²) in [6.07, 6.45) is 3.25. The summed E-state index contributed by atoms with van der Waals surface area (Å²) < 4.78 is 15.1. The van der Waals surface area contributed by atoms with Gasteiger partial charge in [-0.2, -0.15) is 0 Å². The normalized spacial score (nSPS) is 10.5. The first-order chi connectivity index (χ1) is 12.5. The van der Waals surface area contributed by atoms with Crippen LogP contribution in [-0.4, -0.2) is 33.0 Å². The smallest absolute Gasteiger partial charge is 0.220 e. The maximum Gasteiger partial charge on any atom is 0.220 e. The van der Waals surface area contributed by atoms with Gasteiger partial charge in [0.05, 0.1) is 0 Å². The fourth-order valence-electron chi connectivity index (χ4n) is 2.18. The molecule has 1 amide bonds. The van der Waals surface area contributed by atoms with Crippen molar-refractivity contribution in [1.82, 2.24) is 20.1 Å². The maximum atomic E-state index is 13.2. The number of rotatable bonds is 10. The molecule has 0 atom stereocenters. The van der Waals surface area contributed by atoms with Crippen LogP contribution in [0, 0.1) is 5.82 Å². The Bertz CT molecular complexity index is 776. The van der Waals surface area contributed by atoms with E-state index < -0.39 is 0 Å². The van der Waals surface area contributed by atoms with Crippen LogP contribution in [0.2, 0.25) is 0 Å². The van der Waals surface area contributed by atoms with E-state index in [2.05, 4.69) is 28.7 Å². The first-order valence-electron chi connectivity index (χ1n) is 8.05. The zero-order chi connectivity index (χ0) is 18.9. The van der Waals surface area contributed by atoms with E-state index in [-0.39, 0.29) is 11.7 Å². The fraction of sp³-hybridized carbons (Fsp3) is 0.278. The van der Waals surface area contributed by atoms with E-state index in [1.807, 2.05) is 4.57 Å². The number of halogens is 2. The zero-order valence-corrected chi connectivity index (χ0v) is 15.8. The minimum Gasteiger partial charge on any atom is -0.356 e. The largest absolute Gasteiger partial charge is 0.356 e. The highest BCUT2D eigenvalue weighted by molar-refractivity contribution is 7.99. The van der Waals surface area contributed by atoms with Crippen LogP contribution in [0.1, 0.15) is 18.7 Å². The molecule has 0 bridgehead atoms. The number of carbonyl (C=O) groups excluding carboxylic acids is 1. The van der Waals surface area contributed by atoms with E-state index >= 15 is 0 Å². The summed E-state index contributed by atoms with van der Waals surface area (Å²) in [5.74, 6) is 0.800. The molecule has 1 aromatic heterocycles. The van der Waals surface area contributed by atoms with Crippen LogP contribution >= 0.6 is 23.4 Å². The quantitative estimate of drug-likeness (QED) is 0.490. The van der Waals surface area contributed by atoms with Gasteiger partial charge in [0.1, 0.15) is 11.6 Å². The standard InChI is InChI=1S/C18H20ClFN4OS/c1-3-4-5-17(25)21-11-10-16-22-23-18(26-12-13(2)19)24(16)15-8-6-14(20)7-9-15/h3,6-9H,1-2,4-5,10-12H2,(H,21,25). The lowest BCUT2D eigenvalue weighted by molar-refractivity contribution is -0.120. The van der Waals surface area contributed by atoms with E-state index in [1.165, 1.54) is 23.9 Å². The molecule has 0 spiro atoms. The van der Waals surface area contributed by atoms with Gasteiger partial charge in [-0.1, -0.05) is 36.0 Å². The van der Waals surface area contributed by atoms with Crippen molar-refractivity contribution in [3.63, 3.8) is 0 Å². The Labute approximate surface area is 161 Å². The van der Waals surface area contributed by atoms with Gasteiger partial charge in [-0.25, -0.2) is 4.39 Å². The molecular formula is C18H20ClFN4OS. The van der Waals surface area contributed by atoms with E-state index in [0.29, 0.717) is 47.6 Å². The number of allylic oxidation sites excluding steroid dienone is 1. The Balaban J connectivity index is 2.14. The number of amides is 1. The average Bonchev–Trinajstić information content (AvgIpc) is 3.01. The zero-order valence-electron chi connectivity index (χ0n) is 14.3. The van der Waals surface area contributed by atoms with Crippen molar-refractivity contribution < 1.29 is 9.18 Å². The van der Waals surface area contributed by atoms with Gasteiger partial charge in [0.2, 0.25) is 5.91 Å². The Morgan fingerprint density at radius 2 is 2.08 bits per heavy atom. The van der Waals surface area contributed by atoms with Crippen molar-refractivity contribution >= 4 is 29.3 Å². The van der Waals surface area contributed by atoms with Crippen LogP contribution in [0.25, 0.3) is 5.69 Å². The molecule has 0 aliphatic heterocycles. The van der Waals surface area contributed by atoms with Gasteiger partial charge in [0, 0.05) is 35.9 Å².